The van der Waals surface area contributed by atoms with Gasteiger partial charge in [0.2, 0.25) is 0 Å². The summed E-state index contributed by atoms with van der Waals surface area (Å²) in [5.74, 6) is 2.00. The van der Waals surface area contributed by atoms with Crippen LogP contribution in [0.3, 0.4) is 0 Å². The van der Waals surface area contributed by atoms with Gasteiger partial charge in [-0.1, -0.05) is 6.42 Å². The molecule has 0 aromatic carbocycles. The second kappa shape index (κ2) is 6.36. The van der Waals surface area contributed by atoms with Crippen LogP contribution in [0.5, 0.6) is 0 Å². The average molecular weight is 251 g/mol. The van der Waals surface area contributed by atoms with Crippen molar-refractivity contribution in [3.05, 3.63) is 0 Å². The van der Waals surface area contributed by atoms with Gasteiger partial charge in [-0.15, -0.1) is 0 Å². The summed E-state index contributed by atoms with van der Waals surface area (Å²) in [6.07, 6.45) is 10.1. The molecule has 0 unspecified atom stereocenters. The molecule has 0 bridgehead atoms. The van der Waals surface area contributed by atoms with E-state index < -0.39 is 0 Å². The van der Waals surface area contributed by atoms with Crippen molar-refractivity contribution in [1.82, 2.24) is 16.0 Å². The van der Waals surface area contributed by atoms with E-state index in [1.807, 2.05) is 0 Å². The lowest BCUT2D eigenvalue weighted by Gasteiger charge is -2.26. The predicted molar refractivity (Wildman–Crippen MR) is 75.8 cm³/mol. The smallest absolute Gasteiger partial charge is 0.0232 e. The molecule has 3 saturated heterocycles. The molecule has 4 rings (SSSR count). The maximum Gasteiger partial charge on any atom is 0.0232 e. The maximum absolute atomic E-state index is 3.58. The van der Waals surface area contributed by atoms with Crippen LogP contribution in [0.4, 0.5) is 0 Å². The Hall–Kier alpha value is -0.120. The van der Waals surface area contributed by atoms with Crippen LogP contribution in [0.2, 0.25) is 0 Å². The van der Waals surface area contributed by atoms with Crippen LogP contribution in [0, 0.1) is 11.8 Å². The van der Waals surface area contributed by atoms with E-state index in [9.17, 15) is 0 Å². The zero-order chi connectivity index (χ0) is 12.2. The van der Waals surface area contributed by atoms with E-state index in [2.05, 4.69) is 16.0 Å². The topological polar surface area (TPSA) is 36.1 Å². The first-order chi connectivity index (χ1) is 8.93. The first kappa shape index (κ1) is 12.9. The average Bonchev–Trinajstić information content (AvgIpc) is 3.08. The van der Waals surface area contributed by atoms with Gasteiger partial charge in [-0.3, -0.25) is 0 Å². The molecule has 3 nitrogen and oxygen atoms in total. The van der Waals surface area contributed by atoms with Crippen LogP contribution in [0.1, 0.15) is 44.9 Å². The molecule has 0 radical (unpaired) electrons. The summed E-state index contributed by atoms with van der Waals surface area (Å²) in [6, 6.07) is 1.72. The third-order valence-corrected chi connectivity index (χ3v) is 5.32. The number of hydrogen-bond donors (Lipinski definition) is 3. The molecule has 3 N–H and O–H groups in total. The summed E-state index contributed by atoms with van der Waals surface area (Å²) in [7, 11) is 0. The van der Waals surface area contributed by atoms with Gasteiger partial charge >= 0.3 is 0 Å². The van der Waals surface area contributed by atoms with Crippen molar-refractivity contribution < 1.29 is 0 Å². The highest BCUT2D eigenvalue weighted by Gasteiger charge is 2.29. The first-order valence-corrected chi connectivity index (χ1v) is 8.11. The predicted octanol–water partition coefficient (Wildman–Crippen LogP) is 1.50. The molecule has 3 heteroatoms. The fourth-order valence-corrected chi connectivity index (χ4v) is 4.23. The lowest BCUT2D eigenvalue weighted by molar-refractivity contribution is 0.318. The number of piperidine rings is 2. The van der Waals surface area contributed by atoms with E-state index in [0.29, 0.717) is 0 Å². The Kier molecular flexibility index (Phi) is 4.55. The SMILES string of the molecule is C1CN[C@@H]2CCC[C@@H]2C1.C1CN[C@H]2CNC[C@H]2C1. The molecule has 1 saturated carbocycles. The molecule has 1 aliphatic carbocycles. The second-order valence-electron chi connectivity index (χ2n) is 6.52. The van der Waals surface area contributed by atoms with Gasteiger partial charge in [0.15, 0.2) is 0 Å². The van der Waals surface area contributed by atoms with Crippen LogP contribution >= 0.6 is 0 Å². The molecule has 4 aliphatic rings. The zero-order valence-corrected chi connectivity index (χ0v) is 11.6. The van der Waals surface area contributed by atoms with Gasteiger partial charge in [0, 0.05) is 18.6 Å². The standard InChI is InChI=1S/C8H15N.C7H14N2/c1-3-7-4-2-6-9-8(7)5-1;1-2-6-4-8-5-7(6)9-3-1/h7-9H,1-6H2;6-9H,1-5H2/t7-,8-;6-,7+/m11/s1. The van der Waals surface area contributed by atoms with Gasteiger partial charge in [-0.25, -0.2) is 0 Å². The summed E-state index contributed by atoms with van der Waals surface area (Å²) in [4.78, 5) is 0. The largest absolute Gasteiger partial charge is 0.315 e. The van der Waals surface area contributed by atoms with Crippen molar-refractivity contribution in [3.63, 3.8) is 0 Å². The first-order valence-electron chi connectivity index (χ1n) is 8.11. The highest BCUT2D eigenvalue weighted by Crippen LogP contribution is 2.31. The molecule has 0 spiro atoms. The molecule has 0 aromatic rings. The molecule has 3 aliphatic heterocycles. The molecule has 0 aromatic heterocycles. The Morgan fingerprint density at radius 1 is 0.611 bits per heavy atom. The number of nitrogens with one attached hydrogen (secondary N) is 3. The van der Waals surface area contributed by atoms with E-state index in [-0.39, 0.29) is 0 Å². The monoisotopic (exact) mass is 251 g/mol. The second-order valence-corrected chi connectivity index (χ2v) is 6.52. The summed E-state index contributed by atoms with van der Waals surface area (Å²) in [6.45, 7) is 4.96. The van der Waals surface area contributed by atoms with Gasteiger partial charge in [0.05, 0.1) is 0 Å². The molecule has 4 fully saturated rings. The van der Waals surface area contributed by atoms with Crippen molar-refractivity contribution in [2.24, 2.45) is 11.8 Å². The summed E-state index contributed by atoms with van der Waals surface area (Å²) in [5, 5.41) is 10.5. The lowest BCUT2D eigenvalue weighted by atomic mass is 9.94. The fourth-order valence-electron chi connectivity index (χ4n) is 4.23. The van der Waals surface area contributed by atoms with Gasteiger partial charge in [-0.05, 0) is 70.0 Å². The van der Waals surface area contributed by atoms with Crippen molar-refractivity contribution in [2.45, 2.75) is 57.0 Å². The molecule has 104 valence electrons. The fraction of sp³-hybridized carbons (Fsp3) is 1.00. The van der Waals surface area contributed by atoms with Gasteiger partial charge < -0.3 is 16.0 Å². The minimum Gasteiger partial charge on any atom is -0.315 e. The molecular weight excluding hydrogens is 222 g/mol. The Labute approximate surface area is 111 Å². The quantitative estimate of drug-likeness (QED) is 0.610. The molecule has 18 heavy (non-hydrogen) atoms. The van der Waals surface area contributed by atoms with Gasteiger partial charge in [-0.2, -0.15) is 0 Å². The molecule has 3 heterocycles. The van der Waals surface area contributed by atoms with Gasteiger partial charge in [0.25, 0.3) is 0 Å². The van der Waals surface area contributed by atoms with Crippen LogP contribution in [-0.2, 0) is 0 Å². The summed E-state index contributed by atoms with van der Waals surface area (Å²) >= 11 is 0. The highest BCUT2D eigenvalue weighted by atomic mass is 15.0. The van der Waals surface area contributed by atoms with E-state index in [0.717, 1.165) is 23.9 Å². The molecule has 0 amide bonds. The zero-order valence-electron chi connectivity index (χ0n) is 11.6. The maximum atomic E-state index is 3.58. The summed E-state index contributed by atoms with van der Waals surface area (Å²) < 4.78 is 0. The number of rotatable bonds is 0. The normalized spacial score (nSPS) is 42.7. The Morgan fingerprint density at radius 3 is 2.11 bits per heavy atom. The van der Waals surface area contributed by atoms with Crippen LogP contribution in [0.25, 0.3) is 0 Å². The van der Waals surface area contributed by atoms with E-state index in [1.165, 1.54) is 71.1 Å². The third-order valence-electron chi connectivity index (χ3n) is 5.32. The number of fused-ring (bicyclic) bond motifs is 2. The molecule has 4 atom stereocenters. The van der Waals surface area contributed by atoms with Gasteiger partial charge in [0.1, 0.15) is 0 Å². The van der Waals surface area contributed by atoms with Crippen molar-refractivity contribution >= 4 is 0 Å². The van der Waals surface area contributed by atoms with E-state index >= 15 is 0 Å². The van der Waals surface area contributed by atoms with Crippen molar-refractivity contribution in [2.75, 3.05) is 26.2 Å². The van der Waals surface area contributed by atoms with Crippen molar-refractivity contribution in [3.8, 4) is 0 Å². The third kappa shape index (κ3) is 3.06. The van der Waals surface area contributed by atoms with Crippen LogP contribution in [-0.4, -0.2) is 38.3 Å². The molecular formula is C15H29N3. The Morgan fingerprint density at radius 2 is 1.33 bits per heavy atom. The highest BCUT2D eigenvalue weighted by molar-refractivity contribution is 4.89. The van der Waals surface area contributed by atoms with E-state index in [1.54, 1.807) is 0 Å². The lowest BCUT2D eigenvalue weighted by Crippen LogP contribution is -2.40. The van der Waals surface area contributed by atoms with Crippen LogP contribution < -0.4 is 16.0 Å². The van der Waals surface area contributed by atoms with Crippen LogP contribution in [0.15, 0.2) is 0 Å². The minimum atomic E-state index is 0.804. The minimum absolute atomic E-state index is 0.804. The number of hydrogen-bond acceptors (Lipinski definition) is 3. The van der Waals surface area contributed by atoms with Crippen molar-refractivity contribution in [1.29, 1.82) is 0 Å². The Balaban J connectivity index is 0.000000111. The van der Waals surface area contributed by atoms with E-state index in [4.69, 9.17) is 0 Å². The Bertz CT molecular complexity index is 206. The summed E-state index contributed by atoms with van der Waals surface area (Å²) in [5.41, 5.74) is 0.